The molecule has 6 heteroatoms. The Morgan fingerprint density at radius 2 is 1.35 bits per heavy atom. The van der Waals surface area contributed by atoms with Crippen LogP contribution in [-0.2, 0) is 25.7 Å². The van der Waals surface area contributed by atoms with Crippen LogP contribution < -0.4 is 9.67 Å². The number of hydrogen-bond donors (Lipinski definition) is 0. The predicted octanol–water partition coefficient (Wildman–Crippen LogP) is 2.33. The highest BCUT2D eigenvalue weighted by Gasteiger charge is 2.29. The fraction of sp³-hybridized carbons (Fsp3) is 0.400. The quantitative estimate of drug-likeness (QED) is 0.447. The number of aryl methyl sites for hydroxylation is 2. The Kier molecular flexibility index (Phi) is 5.61. The van der Waals surface area contributed by atoms with E-state index in [1.54, 1.807) is 22.5 Å². The second-order valence-corrected chi connectivity index (χ2v) is 6.70. The van der Waals surface area contributed by atoms with Gasteiger partial charge in [-0.05, 0) is 44.6 Å². The van der Waals surface area contributed by atoms with Crippen molar-refractivity contribution in [2.75, 3.05) is 0 Å². The van der Waals surface area contributed by atoms with E-state index in [2.05, 4.69) is 41.0 Å². The molecule has 0 unspecified atom stereocenters. The van der Waals surface area contributed by atoms with Gasteiger partial charge in [0.15, 0.2) is 11.4 Å². The van der Waals surface area contributed by atoms with Crippen molar-refractivity contribution in [3.63, 3.8) is 0 Å². The molecule has 0 radical (unpaired) electrons. The lowest BCUT2D eigenvalue weighted by atomic mass is 9.88. The number of pyridine rings is 1. The summed E-state index contributed by atoms with van der Waals surface area (Å²) in [6, 6.07) is 13.5. The van der Waals surface area contributed by atoms with Gasteiger partial charge in [0, 0.05) is 36.1 Å². The molecule has 2 aliphatic rings. The summed E-state index contributed by atoms with van der Waals surface area (Å²) in [5, 5.41) is 17.7. The van der Waals surface area contributed by atoms with Gasteiger partial charge in [-0.1, -0.05) is 18.2 Å². The average Bonchev–Trinajstić information content (AvgIpc) is 2.67. The number of aromatic nitrogens is 1. The molecular weight excluding hydrogens is 332 g/mol. The number of nitro groups is 1. The van der Waals surface area contributed by atoms with E-state index in [0.29, 0.717) is 0 Å². The van der Waals surface area contributed by atoms with Crippen LogP contribution in [0, 0.1) is 10.1 Å². The molecule has 6 nitrogen and oxygen atoms in total. The van der Waals surface area contributed by atoms with Crippen LogP contribution in [0.1, 0.15) is 48.2 Å². The monoisotopic (exact) mass is 354 g/mol. The number of hydrogen-bond acceptors (Lipinski definition) is 4. The zero-order valence-electron chi connectivity index (χ0n) is 14.6. The summed E-state index contributed by atoms with van der Waals surface area (Å²) in [6.07, 6.45) is 8.19. The van der Waals surface area contributed by atoms with Gasteiger partial charge in [-0.15, -0.1) is 0 Å². The van der Waals surface area contributed by atoms with Crippen molar-refractivity contribution in [2.24, 2.45) is 0 Å². The van der Waals surface area contributed by atoms with E-state index >= 15 is 0 Å². The van der Waals surface area contributed by atoms with Crippen LogP contribution in [0.15, 0.2) is 36.4 Å². The maximum absolute atomic E-state index is 8.89. The molecule has 1 aromatic carbocycles. The summed E-state index contributed by atoms with van der Waals surface area (Å²) in [4.78, 5) is 16.2. The Hall–Kier alpha value is -2.76. The molecule has 0 N–H and O–H groups in total. The number of carbonyl (C=O) groups excluding carboxylic acids is 1. The van der Waals surface area contributed by atoms with Crippen molar-refractivity contribution in [3.05, 3.63) is 69.0 Å². The zero-order chi connectivity index (χ0) is 18.5. The van der Waals surface area contributed by atoms with Crippen molar-refractivity contribution in [1.82, 2.24) is 0 Å². The minimum Gasteiger partial charge on any atom is -0.486 e. The summed E-state index contributed by atoms with van der Waals surface area (Å²) in [5.74, 6) is 0. The molecule has 2 aromatic rings. The van der Waals surface area contributed by atoms with E-state index < -0.39 is 11.0 Å². The first-order chi connectivity index (χ1) is 12.6. The van der Waals surface area contributed by atoms with Gasteiger partial charge in [0.25, 0.3) is 0 Å². The highest BCUT2D eigenvalue weighted by atomic mass is 16.7. The van der Waals surface area contributed by atoms with Crippen molar-refractivity contribution in [2.45, 2.75) is 51.4 Å². The molecule has 0 bridgehead atoms. The maximum atomic E-state index is 8.89. The third-order valence-electron chi connectivity index (χ3n) is 5.01. The van der Waals surface area contributed by atoms with Crippen LogP contribution in [0.3, 0.4) is 0 Å². The molecule has 1 aromatic heterocycles. The van der Waals surface area contributed by atoms with Gasteiger partial charge in [-0.2, -0.15) is 4.57 Å². The molecule has 1 amide bonds. The topological polar surface area (TPSA) is 87.1 Å². The van der Waals surface area contributed by atoms with Crippen LogP contribution in [0.2, 0.25) is 0 Å². The predicted molar refractivity (Wildman–Crippen MR) is 93.6 cm³/mol. The molecule has 0 spiro atoms. The molecule has 0 aliphatic heterocycles. The normalized spacial score (nSPS) is 15.1. The van der Waals surface area contributed by atoms with Crippen LogP contribution in [0.4, 0.5) is 4.79 Å². The molecule has 0 atom stereocenters. The van der Waals surface area contributed by atoms with E-state index in [9.17, 15) is 0 Å². The summed E-state index contributed by atoms with van der Waals surface area (Å²) in [7, 11) is 0. The number of para-hydroxylation sites is 1. The highest BCUT2D eigenvalue weighted by molar-refractivity contribution is 5.51. The Bertz CT molecular complexity index is 772. The lowest BCUT2D eigenvalue weighted by Gasteiger charge is -2.21. The van der Waals surface area contributed by atoms with E-state index in [4.69, 9.17) is 20.0 Å². The van der Waals surface area contributed by atoms with Gasteiger partial charge in [0.2, 0.25) is 5.69 Å². The summed E-state index contributed by atoms with van der Waals surface area (Å²) < 4.78 is 2.60. The molecule has 0 fully saturated rings. The van der Waals surface area contributed by atoms with Gasteiger partial charge in [0.1, 0.15) is 0 Å². The first kappa shape index (κ1) is 18.0. The first-order valence-electron chi connectivity index (χ1n) is 9.07. The molecule has 136 valence electrons. The minimum atomic E-state index is -2.27. The van der Waals surface area contributed by atoms with E-state index in [1.807, 2.05) is 0 Å². The Labute approximate surface area is 152 Å². The third-order valence-corrected chi connectivity index (χ3v) is 5.01. The fourth-order valence-corrected chi connectivity index (χ4v) is 3.91. The van der Waals surface area contributed by atoms with E-state index in [-0.39, 0.29) is 0 Å². The number of carboxylic acid groups (broad SMARTS) is 1. The second-order valence-electron chi connectivity index (χ2n) is 6.70. The maximum Gasteiger partial charge on any atom is 0.401 e. The third kappa shape index (κ3) is 3.90. The lowest BCUT2D eigenvalue weighted by Crippen LogP contribution is -2.44. The summed E-state index contributed by atoms with van der Waals surface area (Å²) in [5.41, 5.74) is 7.76. The molecular formula is C20H22N2O4. The number of carbonyl (C=O) groups is 1. The van der Waals surface area contributed by atoms with Crippen LogP contribution in [0.25, 0.3) is 5.69 Å². The van der Waals surface area contributed by atoms with Crippen molar-refractivity contribution >= 4 is 6.09 Å². The summed E-state index contributed by atoms with van der Waals surface area (Å²) >= 11 is 0. The number of benzene rings is 1. The molecule has 4 rings (SSSR count). The smallest absolute Gasteiger partial charge is 0.401 e. The number of fused-ring (bicyclic) bond motifs is 2. The summed E-state index contributed by atoms with van der Waals surface area (Å²) in [6.45, 7) is 0. The average molecular weight is 354 g/mol. The van der Waals surface area contributed by atoms with Crippen molar-refractivity contribution < 1.29 is 19.4 Å². The highest BCUT2D eigenvalue weighted by Crippen LogP contribution is 2.27. The SMILES string of the molecule is O=C([O-])[N+](=O)[O-].c1ccc(-[n+]2c3c(cc4c2CCCC4)CCCC3)cc1. The molecule has 26 heavy (non-hydrogen) atoms. The van der Waals surface area contributed by atoms with Crippen LogP contribution >= 0.6 is 0 Å². The van der Waals surface area contributed by atoms with E-state index in [0.717, 1.165) is 0 Å². The van der Waals surface area contributed by atoms with Gasteiger partial charge < -0.3 is 9.90 Å². The van der Waals surface area contributed by atoms with E-state index in [1.165, 1.54) is 57.1 Å². The minimum absolute atomic E-state index is 1.25. The first-order valence-corrected chi connectivity index (χ1v) is 9.07. The number of amides is 1. The Morgan fingerprint density at radius 3 is 1.81 bits per heavy atom. The fourth-order valence-electron chi connectivity index (χ4n) is 3.91. The number of nitrogens with zero attached hydrogens (tertiary/aromatic N) is 2. The Morgan fingerprint density at radius 1 is 0.885 bits per heavy atom. The van der Waals surface area contributed by atoms with Crippen LogP contribution in [-0.4, -0.2) is 11.0 Å². The molecule has 2 aliphatic carbocycles. The lowest BCUT2D eigenvalue weighted by molar-refractivity contribution is -0.614. The van der Waals surface area contributed by atoms with Crippen LogP contribution in [0.5, 0.6) is 0 Å². The number of rotatable bonds is 1. The standard InChI is InChI=1S/C19H22N.CHNO4/c1-2-10-17(11-3-1)20-18-12-6-4-8-15(18)14-16-9-5-7-13-19(16)20;3-1(4)2(5)6/h1-3,10-11,14H,4-9,12-13H2;(H,3,4)/q+1;/p-1. The van der Waals surface area contributed by atoms with Crippen molar-refractivity contribution in [3.8, 4) is 5.69 Å². The molecule has 0 saturated heterocycles. The van der Waals surface area contributed by atoms with Gasteiger partial charge in [-0.25, -0.2) is 0 Å². The largest absolute Gasteiger partial charge is 0.486 e. The van der Waals surface area contributed by atoms with Gasteiger partial charge >= 0.3 is 6.09 Å². The second kappa shape index (κ2) is 8.08. The van der Waals surface area contributed by atoms with Gasteiger partial charge in [-0.3, -0.25) is 10.1 Å². The Balaban J connectivity index is 0.000000286. The molecule has 0 saturated carbocycles. The van der Waals surface area contributed by atoms with Crippen molar-refractivity contribution in [1.29, 1.82) is 0 Å². The molecule has 1 heterocycles. The zero-order valence-corrected chi connectivity index (χ0v) is 14.6. The van der Waals surface area contributed by atoms with Gasteiger partial charge in [0.05, 0.1) is 4.92 Å².